The highest BCUT2D eigenvalue weighted by atomic mass is 15.1. The van der Waals surface area contributed by atoms with Crippen molar-refractivity contribution in [1.29, 1.82) is 0 Å². The van der Waals surface area contributed by atoms with Crippen LogP contribution in [0.2, 0.25) is 0 Å². The maximum Gasteiger partial charge on any atom is 0.0746 e. The first-order valence-electron chi connectivity index (χ1n) is 7.50. The summed E-state index contributed by atoms with van der Waals surface area (Å²) in [7, 11) is 0. The largest absolute Gasteiger partial charge is 0.316 e. The van der Waals surface area contributed by atoms with Gasteiger partial charge in [0.2, 0.25) is 0 Å². The summed E-state index contributed by atoms with van der Waals surface area (Å²) in [5.41, 5.74) is 7.70. The van der Waals surface area contributed by atoms with E-state index in [0.717, 1.165) is 13.1 Å². The molecule has 1 aliphatic rings. The number of H-pyrrole nitrogens is 1. The third-order valence-electron chi connectivity index (χ3n) is 4.31. The van der Waals surface area contributed by atoms with Gasteiger partial charge in [0.05, 0.1) is 5.69 Å². The van der Waals surface area contributed by atoms with E-state index in [9.17, 15) is 0 Å². The van der Waals surface area contributed by atoms with Crippen molar-refractivity contribution in [3.63, 3.8) is 0 Å². The topological polar surface area (TPSA) is 40.7 Å². The van der Waals surface area contributed by atoms with E-state index in [0.29, 0.717) is 5.92 Å². The molecular weight excluding hydrogens is 246 g/mol. The SMILES string of the molecule is Cc1ccc(-c2c(C3CCCNC3)n[nH]c2C)c(C)c1. The van der Waals surface area contributed by atoms with Crippen molar-refractivity contribution in [2.24, 2.45) is 0 Å². The average molecular weight is 269 g/mol. The monoisotopic (exact) mass is 269 g/mol. The zero-order valence-electron chi connectivity index (χ0n) is 12.6. The van der Waals surface area contributed by atoms with Gasteiger partial charge in [-0.2, -0.15) is 5.10 Å². The highest BCUT2D eigenvalue weighted by Gasteiger charge is 2.23. The Balaban J connectivity index is 2.06. The molecule has 0 aliphatic carbocycles. The van der Waals surface area contributed by atoms with Crippen LogP contribution in [0, 0.1) is 20.8 Å². The standard InChI is InChI=1S/C17H23N3/c1-11-6-7-15(12(2)9-11)16-13(3)19-20-17(16)14-5-4-8-18-10-14/h6-7,9,14,18H,4-5,8,10H2,1-3H3,(H,19,20). The van der Waals surface area contributed by atoms with Gasteiger partial charge in [-0.05, 0) is 51.3 Å². The molecule has 3 rings (SSSR count). The number of nitrogens with zero attached hydrogens (tertiary/aromatic N) is 1. The summed E-state index contributed by atoms with van der Waals surface area (Å²) in [6.45, 7) is 8.64. The molecule has 1 fully saturated rings. The maximum absolute atomic E-state index is 4.61. The molecule has 1 aromatic carbocycles. The Morgan fingerprint density at radius 2 is 2.05 bits per heavy atom. The molecule has 0 bridgehead atoms. The Hall–Kier alpha value is -1.61. The first-order valence-corrected chi connectivity index (χ1v) is 7.50. The summed E-state index contributed by atoms with van der Waals surface area (Å²) in [4.78, 5) is 0. The third kappa shape index (κ3) is 2.38. The highest BCUT2D eigenvalue weighted by Crippen LogP contribution is 2.35. The second-order valence-electron chi connectivity index (χ2n) is 5.97. The number of piperidine rings is 1. The average Bonchev–Trinajstić information content (AvgIpc) is 2.82. The number of benzene rings is 1. The van der Waals surface area contributed by atoms with Crippen molar-refractivity contribution >= 4 is 0 Å². The minimum atomic E-state index is 0.532. The third-order valence-corrected chi connectivity index (χ3v) is 4.31. The normalized spacial score (nSPS) is 19.2. The van der Waals surface area contributed by atoms with Crippen LogP contribution in [0.25, 0.3) is 11.1 Å². The first kappa shape index (κ1) is 13.4. The van der Waals surface area contributed by atoms with Crippen molar-refractivity contribution in [1.82, 2.24) is 15.5 Å². The molecule has 1 saturated heterocycles. The van der Waals surface area contributed by atoms with Crippen LogP contribution >= 0.6 is 0 Å². The quantitative estimate of drug-likeness (QED) is 0.876. The molecule has 2 N–H and O–H groups in total. The Bertz CT molecular complexity index is 607. The van der Waals surface area contributed by atoms with Gasteiger partial charge in [-0.1, -0.05) is 23.8 Å². The van der Waals surface area contributed by atoms with Gasteiger partial charge in [0.25, 0.3) is 0 Å². The summed E-state index contributed by atoms with van der Waals surface area (Å²) in [6, 6.07) is 6.69. The van der Waals surface area contributed by atoms with Crippen molar-refractivity contribution in [3.05, 3.63) is 40.7 Å². The van der Waals surface area contributed by atoms with E-state index in [-0.39, 0.29) is 0 Å². The van der Waals surface area contributed by atoms with Crippen LogP contribution in [0.1, 0.15) is 41.3 Å². The van der Waals surface area contributed by atoms with Gasteiger partial charge in [0.1, 0.15) is 0 Å². The minimum Gasteiger partial charge on any atom is -0.316 e. The summed E-state index contributed by atoms with van der Waals surface area (Å²) in [5.74, 6) is 0.532. The lowest BCUT2D eigenvalue weighted by molar-refractivity contribution is 0.455. The molecule has 3 nitrogen and oxygen atoms in total. The fourth-order valence-electron chi connectivity index (χ4n) is 3.26. The first-order chi connectivity index (χ1) is 9.66. The van der Waals surface area contributed by atoms with Gasteiger partial charge >= 0.3 is 0 Å². The van der Waals surface area contributed by atoms with E-state index < -0.39 is 0 Å². The molecule has 0 saturated carbocycles. The van der Waals surface area contributed by atoms with Crippen LogP contribution in [0.4, 0.5) is 0 Å². The molecule has 2 heterocycles. The van der Waals surface area contributed by atoms with E-state index in [4.69, 9.17) is 0 Å². The zero-order valence-corrected chi connectivity index (χ0v) is 12.6. The molecule has 3 heteroatoms. The Morgan fingerprint density at radius 1 is 1.20 bits per heavy atom. The lowest BCUT2D eigenvalue weighted by atomic mass is 9.88. The number of hydrogen-bond donors (Lipinski definition) is 2. The maximum atomic E-state index is 4.61. The fraction of sp³-hybridized carbons (Fsp3) is 0.471. The van der Waals surface area contributed by atoms with E-state index in [1.807, 2.05) is 0 Å². The number of aryl methyl sites for hydroxylation is 3. The van der Waals surface area contributed by atoms with Crippen molar-refractivity contribution in [3.8, 4) is 11.1 Å². The molecule has 106 valence electrons. The number of rotatable bonds is 2. The molecule has 1 unspecified atom stereocenters. The molecule has 0 radical (unpaired) electrons. The predicted octanol–water partition coefficient (Wildman–Crippen LogP) is 3.47. The number of aromatic amines is 1. The van der Waals surface area contributed by atoms with Crippen LogP contribution in [0.15, 0.2) is 18.2 Å². The van der Waals surface area contributed by atoms with Crippen LogP contribution in [0.3, 0.4) is 0 Å². The lowest BCUT2D eigenvalue weighted by Crippen LogP contribution is -2.28. The summed E-state index contributed by atoms with van der Waals surface area (Å²) in [5, 5.41) is 11.3. The molecule has 1 atom stereocenters. The number of hydrogen-bond acceptors (Lipinski definition) is 2. The molecule has 1 aromatic heterocycles. The van der Waals surface area contributed by atoms with Gasteiger partial charge in [-0.25, -0.2) is 0 Å². The molecule has 0 amide bonds. The van der Waals surface area contributed by atoms with Gasteiger partial charge in [0, 0.05) is 23.7 Å². The van der Waals surface area contributed by atoms with E-state index in [1.165, 1.54) is 46.5 Å². The molecule has 20 heavy (non-hydrogen) atoms. The Labute approximate surface area is 120 Å². The highest BCUT2D eigenvalue weighted by molar-refractivity contribution is 5.72. The number of nitrogens with one attached hydrogen (secondary N) is 2. The van der Waals surface area contributed by atoms with Gasteiger partial charge in [0.15, 0.2) is 0 Å². The molecule has 1 aliphatic heterocycles. The van der Waals surface area contributed by atoms with Gasteiger partial charge in [-0.3, -0.25) is 5.10 Å². The second-order valence-corrected chi connectivity index (χ2v) is 5.97. The van der Waals surface area contributed by atoms with E-state index in [2.05, 4.69) is 54.5 Å². The smallest absolute Gasteiger partial charge is 0.0746 e. The van der Waals surface area contributed by atoms with Crippen molar-refractivity contribution < 1.29 is 0 Å². The molecular formula is C17H23N3. The second kappa shape index (κ2) is 5.41. The molecule has 0 spiro atoms. The fourth-order valence-corrected chi connectivity index (χ4v) is 3.26. The Kier molecular flexibility index (Phi) is 3.62. The summed E-state index contributed by atoms with van der Waals surface area (Å²) in [6.07, 6.45) is 2.47. The minimum absolute atomic E-state index is 0.532. The predicted molar refractivity (Wildman–Crippen MR) is 83.1 cm³/mol. The van der Waals surface area contributed by atoms with Crippen molar-refractivity contribution in [2.75, 3.05) is 13.1 Å². The van der Waals surface area contributed by atoms with E-state index in [1.54, 1.807) is 0 Å². The van der Waals surface area contributed by atoms with Gasteiger partial charge < -0.3 is 5.32 Å². The van der Waals surface area contributed by atoms with Crippen molar-refractivity contribution in [2.45, 2.75) is 39.5 Å². The number of aromatic nitrogens is 2. The van der Waals surface area contributed by atoms with Crippen LogP contribution in [-0.4, -0.2) is 23.3 Å². The van der Waals surface area contributed by atoms with Crippen LogP contribution < -0.4 is 5.32 Å². The lowest BCUT2D eigenvalue weighted by Gasteiger charge is -2.22. The van der Waals surface area contributed by atoms with Crippen LogP contribution in [-0.2, 0) is 0 Å². The summed E-state index contributed by atoms with van der Waals surface area (Å²) >= 11 is 0. The molecule has 2 aromatic rings. The summed E-state index contributed by atoms with van der Waals surface area (Å²) < 4.78 is 0. The Morgan fingerprint density at radius 3 is 2.75 bits per heavy atom. The van der Waals surface area contributed by atoms with Crippen LogP contribution in [0.5, 0.6) is 0 Å². The zero-order chi connectivity index (χ0) is 14.1. The van der Waals surface area contributed by atoms with E-state index >= 15 is 0 Å². The van der Waals surface area contributed by atoms with Gasteiger partial charge in [-0.15, -0.1) is 0 Å².